The van der Waals surface area contributed by atoms with Gasteiger partial charge in [0.1, 0.15) is 19.0 Å². The van der Waals surface area contributed by atoms with Crippen molar-refractivity contribution >= 4 is 27.4 Å². The van der Waals surface area contributed by atoms with Crippen LogP contribution >= 0.6 is 11.6 Å². The molecule has 6 nitrogen and oxygen atoms in total. The molecule has 0 bridgehead atoms. The first-order valence-corrected chi connectivity index (χ1v) is 10.9. The van der Waals surface area contributed by atoms with Crippen LogP contribution in [0.5, 0.6) is 5.75 Å². The first-order valence-electron chi connectivity index (χ1n) is 8.61. The molecule has 0 spiro atoms. The van der Waals surface area contributed by atoms with E-state index in [1.807, 2.05) is 18.2 Å². The van der Waals surface area contributed by atoms with E-state index < -0.39 is 15.8 Å². The first-order chi connectivity index (χ1) is 13.8. The fourth-order valence-corrected chi connectivity index (χ4v) is 3.28. The van der Waals surface area contributed by atoms with Gasteiger partial charge >= 0.3 is 5.97 Å². The third-order valence-corrected chi connectivity index (χ3v) is 5.43. The van der Waals surface area contributed by atoms with Gasteiger partial charge in [0.2, 0.25) is 0 Å². The smallest absolute Gasteiger partial charge is 0.340 e. The van der Waals surface area contributed by atoms with Crippen molar-refractivity contribution in [1.82, 2.24) is 4.98 Å². The van der Waals surface area contributed by atoms with Crippen molar-refractivity contribution in [2.75, 3.05) is 6.26 Å². The minimum absolute atomic E-state index is 0.00302. The summed E-state index contributed by atoms with van der Waals surface area (Å²) in [5.41, 5.74) is 1.57. The second-order valence-electron chi connectivity index (χ2n) is 6.24. The number of ether oxygens (including phenoxy) is 2. The van der Waals surface area contributed by atoms with Crippen LogP contribution in [0.2, 0.25) is 5.02 Å². The van der Waals surface area contributed by atoms with Crippen LogP contribution in [0.25, 0.3) is 0 Å². The maximum atomic E-state index is 12.3. The third kappa shape index (κ3) is 5.79. The van der Waals surface area contributed by atoms with Gasteiger partial charge in [-0.15, -0.1) is 0 Å². The summed E-state index contributed by atoms with van der Waals surface area (Å²) in [6, 6.07) is 16.6. The maximum absolute atomic E-state index is 12.3. The quantitative estimate of drug-likeness (QED) is 0.524. The van der Waals surface area contributed by atoms with Crippen LogP contribution in [0.4, 0.5) is 0 Å². The number of hydrogen-bond donors (Lipinski definition) is 0. The second-order valence-corrected chi connectivity index (χ2v) is 8.67. The van der Waals surface area contributed by atoms with E-state index in [0.29, 0.717) is 12.4 Å². The Morgan fingerprint density at radius 1 is 1.03 bits per heavy atom. The second kappa shape index (κ2) is 9.07. The van der Waals surface area contributed by atoms with Crippen molar-refractivity contribution < 1.29 is 22.7 Å². The molecule has 2 aromatic carbocycles. The van der Waals surface area contributed by atoms with Gasteiger partial charge in [-0.25, -0.2) is 13.2 Å². The van der Waals surface area contributed by atoms with Crippen molar-refractivity contribution in [1.29, 1.82) is 0 Å². The van der Waals surface area contributed by atoms with E-state index in [1.165, 1.54) is 18.2 Å². The molecule has 0 N–H and O–H groups in total. The van der Waals surface area contributed by atoms with Gasteiger partial charge in [0.05, 0.1) is 21.2 Å². The molecule has 3 rings (SSSR count). The zero-order valence-corrected chi connectivity index (χ0v) is 17.1. The Labute approximate surface area is 174 Å². The lowest BCUT2D eigenvalue weighted by molar-refractivity contribution is 0.0472. The predicted octanol–water partition coefficient (Wildman–Crippen LogP) is 4.07. The number of pyridine rings is 1. The van der Waals surface area contributed by atoms with Crippen molar-refractivity contribution in [2.45, 2.75) is 18.1 Å². The number of aromatic nitrogens is 1. The molecule has 1 aromatic heterocycles. The van der Waals surface area contributed by atoms with E-state index in [4.69, 9.17) is 21.1 Å². The largest absolute Gasteiger partial charge is 0.487 e. The number of nitrogens with zero attached hydrogens (tertiary/aromatic N) is 1. The number of esters is 1. The summed E-state index contributed by atoms with van der Waals surface area (Å²) in [4.78, 5) is 16.5. The molecule has 0 aliphatic rings. The lowest BCUT2D eigenvalue weighted by Crippen LogP contribution is -2.08. The highest BCUT2D eigenvalue weighted by Gasteiger charge is 2.16. The number of halogens is 1. The van der Waals surface area contributed by atoms with Crippen LogP contribution < -0.4 is 4.74 Å². The molecule has 8 heteroatoms. The summed E-state index contributed by atoms with van der Waals surface area (Å²) in [6.07, 6.45) is 2.76. The van der Waals surface area contributed by atoms with Crippen LogP contribution in [0, 0.1) is 0 Å². The molecule has 1 heterocycles. The molecule has 0 amide bonds. The van der Waals surface area contributed by atoms with E-state index in [9.17, 15) is 13.2 Å². The van der Waals surface area contributed by atoms with Gasteiger partial charge in [-0.3, -0.25) is 4.98 Å². The Kier molecular flexibility index (Phi) is 6.51. The fourth-order valence-electron chi connectivity index (χ4n) is 2.44. The lowest BCUT2D eigenvalue weighted by Gasteiger charge is -2.09. The normalized spacial score (nSPS) is 11.1. The predicted molar refractivity (Wildman–Crippen MR) is 109 cm³/mol. The molecular formula is C21H18ClNO5S. The highest BCUT2D eigenvalue weighted by atomic mass is 35.5. The Bertz CT molecular complexity index is 1100. The summed E-state index contributed by atoms with van der Waals surface area (Å²) in [5.74, 6) is -0.0365. The van der Waals surface area contributed by atoms with Crippen molar-refractivity contribution in [3.63, 3.8) is 0 Å². The van der Waals surface area contributed by atoms with Gasteiger partial charge in [-0.1, -0.05) is 29.8 Å². The molecule has 0 radical (unpaired) electrons. The molecule has 0 atom stereocenters. The minimum Gasteiger partial charge on any atom is -0.487 e. The monoisotopic (exact) mass is 431 g/mol. The van der Waals surface area contributed by atoms with Crippen molar-refractivity contribution in [3.05, 3.63) is 88.7 Å². The summed E-state index contributed by atoms with van der Waals surface area (Å²) in [7, 11) is -3.46. The van der Waals surface area contributed by atoms with Crippen molar-refractivity contribution in [3.8, 4) is 5.75 Å². The van der Waals surface area contributed by atoms with Gasteiger partial charge in [-0.05, 0) is 48.0 Å². The van der Waals surface area contributed by atoms with Gasteiger partial charge < -0.3 is 9.47 Å². The Morgan fingerprint density at radius 3 is 2.45 bits per heavy atom. The summed E-state index contributed by atoms with van der Waals surface area (Å²) in [6.45, 7) is 0.364. The number of carbonyl (C=O) groups is 1. The third-order valence-electron chi connectivity index (χ3n) is 3.99. The Balaban J connectivity index is 1.59. The zero-order chi connectivity index (χ0) is 20.9. The first kappa shape index (κ1) is 20.8. The zero-order valence-electron chi connectivity index (χ0n) is 15.5. The van der Waals surface area contributed by atoms with E-state index in [1.54, 1.807) is 30.5 Å². The molecule has 0 unspecified atom stereocenters. The summed E-state index contributed by atoms with van der Waals surface area (Å²) < 4.78 is 34.2. The molecule has 150 valence electrons. The molecule has 0 saturated heterocycles. The van der Waals surface area contributed by atoms with E-state index in [-0.39, 0.29) is 22.1 Å². The molecule has 0 aliphatic heterocycles. The average molecular weight is 432 g/mol. The molecule has 0 fully saturated rings. The number of rotatable bonds is 7. The molecule has 0 saturated carbocycles. The van der Waals surface area contributed by atoms with Crippen molar-refractivity contribution in [2.24, 2.45) is 0 Å². The maximum Gasteiger partial charge on any atom is 0.340 e. The van der Waals surface area contributed by atoms with Crippen LogP contribution in [0.1, 0.15) is 21.6 Å². The molecular weight excluding hydrogens is 414 g/mol. The topological polar surface area (TPSA) is 82.6 Å². The molecule has 3 aromatic rings. The minimum atomic E-state index is -3.46. The lowest BCUT2D eigenvalue weighted by atomic mass is 10.2. The number of benzene rings is 2. The van der Waals surface area contributed by atoms with Crippen LogP contribution in [0.15, 0.2) is 71.8 Å². The van der Waals surface area contributed by atoms with Gasteiger partial charge in [-0.2, -0.15) is 0 Å². The Morgan fingerprint density at radius 2 is 1.79 bits per heavy atom. The average Bonchev–Trinajstić information content (AvgIpc) is 2.71. The molecule has 0 aliphatic carbocycles. The van der Waals surface area contributed by atoms with Gasteiger partial charge in [0.15, 0.2) is 9.84 Å². The fraction of sp³-hybridized carbons (Fsp3) is 0.143. The van der Waals surface area contributed by atoms with E-state index in [2.05, 4.69) is 4.98 Å². The Hall–Kier alpha value is -2.90. The van der Waals surface area contributed by atoms with E-state index in [0.717, 1.165) is 17.5 Å². The summed E-state index contributed by atoms with van der Waals surface area (Å²) >= 11 is 6.01. The standard InChI is InChI=1S/C21H18ClNO5S/c1-29(25,26)18-9-10-20(22)19(12-18)21(24)28-13-15-5-7-17(8-6-15)27-14-16-4-2-3-11-23-16/h2-12H,13-14H2,1H3. The van der Waals surface area contributed by atoms with Gasteiger partial charge in [0, 0.05) is 12.5 Å². The van der Waals surface area contributed by atoms with Crippen LogP contribution in [-0.4, -0.2) is 25.6 Å². The highest BCUT2D eigenvalue weighted by molar-refractivity contribution is 7.90. The molecule has 29 heavy (non-hydrogen) atoms. The van der Waals surface area contributed by atoms with Gasteiger partial charge in [0.25, 0.3) is 0 Å². The number of sulfone groups is 1. The number of hydrogen-bond acceptors (Lipinski definition) is 6. The van der Waals surface area contributed by atoms with E-state index >= 15 is 0 Å². The summed E-state index contributed by atoms with van der Waals surface area (Å²) in [5, 5.41) is 0.126. The van der Waals surface area contributed by atoms with Crippen LogP contribution in [0.3, 0.4) is 0 Å². The SMILES string of the molecule is CS(=O)(=O)c1ccc(Cl)c(C(=O)OCc2ccc(OCc3ccccn3)cc2)c1. The van der Waals surface area contributed by atoms with Crippen LogP contribution in [-0.2, 0) is 27.8 Å². The highest BCUT2D eigenvalue weighted by Crippen LogP contribution is 2.22. The number of carbonyl (C=O) groups excluding carboxylic acids is 1.